The predicted molar refractivity (Wildman–Crippen MR) is 133 cm³/mol. The third-order valence-electron chi connectivity index (χ3n) is 5.52. The highest BCUT2D eigenvalue weighted by Gasteiger charge is 2.34. The topological polar surface area (TPSA) is 57.2 Å². The summed E-state index contributed by atoms with van der Waals surface area (Å²) in [4.78, 5) is 14.6. The molecule has 1 amide bonds. The van der Waals surface area contributed by atoms with Gasteiger partial charge in [-0.1, -0.05) is 54.6 Å². The molecule has 0 aliphatic carbocycles. The third kappa shape index (κ3) is 8.19. The number of rotatable bonds is 11. The van der Waals surface area contributed by atoms with Crippen LogP contribution in [0.1, 0.15) is 44.7 Å². The summed E-state index contributed by atoms with van der Waals surface area (Å²) in [6.07, 6.45) is 5.18. The fraction of sp³-hybridized carbons (Fsp3) is 0.464. The molecular formula is C28H37NO5. The SMILES string of the molecule is COc1ccc(COCCC[C@@H](OCc2ccccc2)[C@@H]2C=CCN2C(=O)OC(C)(C)C)cc1. The van der Waals surface area contributed by atoms with E-state index in [0.717, 1.165) is 29.7 Å². The van der Waals surface area contributed by atoms with Crippen molar-refractivity contribution in [3.05, 3.63) is 77.9 Å². The lowest BCUT2D eigenvalue weighted by molar-refractivity contribution is -0.0258. The first-order chi connectivity index (χ1) is 16.4. The van der Waals surface area contributed by atoms with Crippen LogP contribution in [0.4, 0.5) is 4.79 Å². The van der Waals surface area contributed by atoms with Crippen molar-refractivity contribution in [3.8, 4) is 5.75 Å². The summed E-state index contributed by atoms with van der Waals surface area (Å²) in [6.45, 7) is 7.82. The molecule has 34 heavy (non-hydrogen) atoms. The molecule has 6 nitrogen and oxygen atoms in total. The third-order valence-corrected chi connectivity index (χ3v) is 5.52. The Morgan fingerprint density at radius 2 is 1.74 bits per heavy atom. The van der Waals surface area contributed by atoms with E-state index in [1.165, 1.54) is 0 Å². The van der Waals surface area contributed by atoms with Crippen LogP contribution in [0.25, 0.3) is 0 Å². The predicted octanol–water partition coefficient (Wildman–Crippen LogP) is 5.75. The largest absolute Gasteiger partial charge is 0.497 e. The summed E-state index contributed by atoms with van der Waals surface area (Å²) >= 11 is 0. The van der Waals surface area contributed by atoms with Gasteiger partial charge in [0.2, 0.25) is 0 Å². The Hall–Kier alpha value is -2.83. The fourth-order valence-corrected chi connectivity index (χ4v) is 3.81. The van der Waals surface area contributed by atoms with Crippen LogP contribution in [-0.2, 0) is 27.4 Å². The van der Waals surface area contributed by atoms with Gasteiger partial charge in [-0.2, -0.15) is 0 Å². The molecule has 0 radical (unpaired) electrons. The van der Waals surface area contributed by atoms with Gasteiger partial charge >= 0.3 is 6.09 Å². The zero-order valence-corrected chi connectivity index (χ0v) is 20.7. The van der Waals surface area contributed by atoms with Crippen molar-refractivity contribution < 1.29 is 23.7 Å². The highest BCUT2D eigenvalue weighted by Crippen LogP contribution is 2.24. The van der Waals surface area contributed by atoms with Crippen molar-refractivity contribution in [2.45, 2.75) is 64.6 Å². The minimum atomic E-state index is -0.542. The minimum Gasteiger partial charge on any atom is -0.497 e. The molecule has 3 rings (SSSR count). The molecule has 0 unspecified atom stereocenters. The van der Waals surface area contributed by atoms with Gasteiger partial charge in [0, 0.05) is 13.2 Å². The van der Waals surface area contributed by atoms with Gasteiger partial charge in [0.1, 0.15) is 11.4 Å². The van der Waals surface area contributed by atoms with Gasteiger partial charge in [0.05, 0.1) is 32.5 Å². The number of carbonyl (C=O) groups excluding carboxylic acids is 1. The van der Waals surface area contributed by atoms with Crippen LogP contribution in [0.15, 0.2) is 66.7 Å². The number of ether oxygens (including phenoxy) is 4. The molecule has 2 aromatic carbocycles. The summed E-state index contributed by atoms with van der Waals surface area (Å²) in [5.41, 5.74) is 1.67. The summed E-state index contributed by atoms with van der Waals surface area (Å²) in [5.74, 6) is 0.835. The quantitative estimate of drug-likeness (QED) is 0.311. The van der Waals surface area contributed by atoms with E-state index >= 15 is 0 Å². The van der Waals surface area contributed by atoms with E-state index < -0.39 is 5.60 Å². The summed E-state index contributed by atoms with van der Waals surface area (Å²) in [7, 11) is 1.66. The minimum absolute atomic E-state index is 0.156. The summed E-state index contributed by atoms with van der Waals surface area (Å²) in [6, 6.07) is 17.8. The van der Waals surface area contributed by atoms with E-state index in [4.69, 9.17) is 18.9 Å². The summed E-state index contributed by atoms with van der Waals surface area (Å²) in [5, 5.41) is 0. The molecule has 0 saturated heterocycles. The van der Waals surface area contributed by atoms with Crippen molar-refractivity contribution in [1.29, 1.82) is 0 Å². The molecule has 2 aromatic rings. The van der Waals surface area contributed by atoms with E-state index in [0.29, 0.717) is 26.4 Å². The Morgan fingerprint density at radius 3 is 2.41 bits per heavy atom. The second-order valence-electron chi connectivity index (χ2n) is 9.43. The van der Waals surface area contributed by atoms with E-state index in [1.54, 1.807) is 12.0 Å². The first-order valence-corrected chi connectivity index (χ1v) is 11.9. The summed E-state index contributed by atoms with van der Waals surface area (Å²) < 4.78 is 23.1. The first kappa shape index (κ1) is 25.8. The van der Waals surface area contributed by atoms with Gasteiger partial charge in [0.15, 0.2) is 0 Å². The number of benzene rings is 2. The van der Waals surface area contributed by atoms with E-state index in [9.17, 15) is 4.79 Å². The first-order valence-electron chi connectivity index (χ1n) is 11.9. The normalized spacial score (nSPS) is 16.5. The van der Waals surface area contributed by atoms with Crippen molar-refractivity contribution in [2.24, 2.45) is 0 Å². The van der Waals surface area contributed by atoms with Crippen LogP contribution < -0.4 is 4.74 Å². The second kappa shape index (κ2) is 12.6. The molecule has 0 bridgehead atoms. The number of hydrogen-bond donors (Lipinski definition) is 0. The number of carbonyl (C=O) groups is 1. The molecule has 2 atom stereocenters. The molecule has 1 heterocycles. The van der Waals surface area contributed by atoms with E-state index in [-0.39, 0.29) is 18.2 Å². The average molecular weight is 468 g/mol. The second-order valence-corrected chi connectivity index (χ2v) is 9.43. The molecule has 6 heteroatoms. The highest BCUT2D eigenvalue weighted by atomic mass is 16.6. The molecule has 184 valence electrons. The molecule has 0 saturated carbocycles. The lowest BCUT2D eigenvalue weighted by Gasteiger charge is -2.33. The van der Waals surface area contributed by atoms with Gasteiger partial charge in [-0.25, -0.2) is 4.79 Å². The fourth-order valence-electron chi connectivity index (χ4n) is 3.81. The number of hydrogen-bond acceptors (Lipinski definition) is 5. The Balaban J connectivity index is 1.56. The van der Waals surface area contributed by atoms with Gasteiger partial charge in [0.25, 0.3) is 0 Å². The van der Waals surface area contributed by atoms with Gasteiger partial charge in [-0.05, 0) is 56.9 Å². The molecular weight excluding hydrogens is 430 g/mol. The van der Waals surface area contributed by atoms with Crippen molar-refractivity contribution >= 4 is 6.09 Å². The number of amides is 1. The molecule has 0 spiro atoms. The zero-order chi connectivity index (χ0) is 24.4. The Morgan fingerprint density at radius 1 is 1.03 bits per heavy atom. The van der Waals surface area contributed by atoms with Crippen LogP contribution in [0.3, 0.4) is 0 Å². The van der Waals surface area contributed by atoms with Crippen LogP contribution >= 0.6 is 0 Å². The lowest BCUT2D eigenvalue weighted by atomic mass is 10.1. The highest BCUT2D eigenvalue weighted by molar-refractivity contribution is 5.70. The van der Waals surface area contributed by atoms with E-state index in [1.807, 2.05) is 81.4 Å². The van der Waals surface area contributed by atoms with Crippen LogP contribution in [0.5, 0.6) is 5.75 Å². The Bertz CT molecular complexity index is 905. The maximum absolute atomic E-state index is 12.8. The zero-order valence-electron chi connectivity index (χ0n) is 20.7. The van der Waals surface area contributed by atoms with Gasteiger partial charge in [-0.15, -0.1) is 0 Å². The van der Waals surface area contributed by atoms with Crippen molar-refractivity contribution in [3.63, 3.8) is 0 Å². The Kier molecular flexibility index (Phi) is 9.54. The lowest BCUT2D eigenvalue weighted by Crippen LogP contribution is -2.46. The number of methoxy groups -OCH3 is 1. The molecule has 0 N–H and O–H groups in total. The maximum Gasteiger partial charge on any atom is 0.411 e. The average Bonchev–Trinajstić information content (AvgIpc) is 3.31. The molecule has 1 aliphatic heterocycles. The maximum atomic E-state index is 12.8. The number of nitrogens with zero attached hydrogens (tertiary/aromatic N) is 1. The van der Waals surface area contributed by atoms with Crippen molar-refractivity contribution in [1.82, 2.24) is 4.90 Å². The van der Waals surface area contributed by atoms with Gasteiger partial charge < -0.3 is 18.9 Å². The molecule has 0 aromatic heterocycles. The molecule has 0 fully saturated rings. The standard InChI is InChI=1S/C28H37NO5/c1-28(2,3)34-27(30)29-18-8-12-25(29)26(33-21-22-10-6-5-7-11-22)13-9-19-32-20-23-14-16-24(31-4)17-15-23/h5-8,10-12,14-17,25-26H,9,13,18-21H2,1-4H3/t25-,26+/m0/s1. The van der Waals surface area contributed by atoms with Crippen LogP contribution in [0, 0.1) is 0 Å². The van der Waals surface area contributed by atoms with Crippen LogP contribution in [0.2, 0.25) is 0 Å². The van der Waals surface area contributed by atoms with Gasteiger partial charge in [-0.3, -0.25) is 4.90 Å². The smallest absolute Gasteiger partial charge is 0.411 e. The molecule has 1 aliphatic rings. The monoisotopic (exact) mass is 467 g/mol. The van der Waals surface area contributed by atoms with Crippen LogP contribution in [-0.4, -0.2) is 49.0 Å². The van der Waals surface area contributed by atoms with Crippen molar-refractivity contribution in [2.75, 3.05) is 20.3 Å². The van der Waals surface area contributed by atoms with E-state index in [2.05, 4.69) is 6.08 Å². The Labute approximate surface area is 203 Å².